The summed E-state index contributed by atoms with van der Waals surface area (Å²) < 4.78 is 0.579. The Morgan fingerprint density at radius 3 is 1.94 bits per heavy atom. The second kappa shape index (κ2) is 8.72. The number of rotatable bonds is 7. The third-order valence-corrected chi connectivity index (χ3v) is 5.11. The van der Waals surface area contributed by atoms with Crippen LogP contribution in [0.15, 0.2) is 72.8 Å². The number of hydrogen-bond donors (Lipinski definition) is 1. The average Bonchev–Trinajstić information content (AvgIpc) is 3.17. The molecule has 0 aliphatic heterocycles. The van der Waals surface area contributed by atoms with Crippen molar-refractivity contribution in [3.05, 3.63) is 84.2 Å². The highest BCUT2D eigenvalue weighted by atomic mass is 16.7. The third kappa shape index (κ3) is 3.70. The van der Waals surface area contributed by atoms with E-state index in [4.69, 9.17) is 10.6 Å². The average molecular weight is 440 g/mol. The molecule has 33 heavy (non-hydrogen) atoms. The molecule has 0 saturated heterocycles. The van der Waals surface area contributed by atoms with Crippen LogP contribution in [0.2, 0.25) is 0 Å². The Labute approximate surface area is 187 Å². The molecule has 4 rings (SSSR count). The van der Waals surface area contributed by atoms with Crippen LogP contribution in [-0.4, -0.2) is 35.0 Å². The van der Waals surface area contributed by atoms with Crippen LogP contribution in [0.25, 0.3) is 33.0 Å². The molecule has 4 aromatic rings. The highest BCUT2D eigenvalue weighted by molar-refractivity contribution is 6.39. The molecule has 0 atom stereocenters. The van der Waals surface area contributed by atoms with Gasteiger partial charge in [0.1, 0.15) is 11.4 Å². The minimum absolute atomic E-state index is 0.0324. The van der Waals surface area contributed by atoms with Gasteiger partial charge in [-0.25, -0.2) is 4.79 Å². The fraction of sp³-hybridized carbons (Fsp3) is 0. The van der Waals surface area contributed by atoms with Crippen molar-refractivity contribution in [3.8, 4) is 22.3 Å². The number of nitrogens with zero attached hydrogens (tertiary/aromatic N) is 1. The van der Waals surface area contributed by atoms with Crippen LogP contribution in [-0.2, 0) is 9.59 Å². The molecule has 0 radical (unpaired) electrons. The van der Waals surface area contributed by atoms with Gasteiger partial charge in [0.2, 0.25) is 11.6 Å². The molecule has 0 unspecified atom stereocenters. The van der Waals surface area contributed by atoms with Crippen LogP contribution in [0.3, 0.4) is 0 Å². The third-order valence-electron chi connectivity index (χ3n) is 5.11. The number of primary amides is 1. The summed E-state index contributed by atoms with van der Waals surface area (Å²) in [7, 11) is 0. The summed E-state index contributed by atoms with van der Waals surface area (Å²) in [5, 5.41) is 1.53. The molecule has 1 heterocycles. The van der Waals surface area contributed by atoms with E-state index in [1.54, 1.807) is 48.5 Å². The Morgan fingerprint density at radius 1 is 0.727 bits per heavy atom. The molecule has 1 aromatic heterocycles. The molecule has 8 nitrogen and oxygen atoms in total. The maximum atomic E-state index is 12.8. The van der Waals surface area contributed by atoms with E-state index in [1.165, 1.54) is 0 Å². The lowest BCUT2D eigenvalue weighted by atomic mass is 9.90. The number of fused-ring (bicyclic) bond motifs is 1. The Bertz CT molecular complexity index is 1430. The van der Waals surface area contributed by atoms with Crippen molar-refractivity contribution in [2.24, 2.45) is 5.73 Å². The molecule has 162 valence electrons. The van der Waals surface area contributed by atoms with Crippen LogP contribution in [0, 0.1) is 0 Å². The summed E-state index contributed by atoms with van der Waals surface area (Å²) in [6.07, 6.45) is -1.27. The first-order valence-corrected chi connectivity index (χ1v) is 9.77. The lowest BCUT2D eigenvalue weighted by molar-refractivity contribution is -0.105. The standard InChI is InChI=1S/C25H16N2O6/c26-25(32)33-27-23(19(30)13-28)21(16-8-2-1-3-9-16)22(24(27)20(31)14-29)18-12-6-10-15-7-4-5-11-17(15)18/h1-14H,(H2,26,32). The van der Waals surface area contributed by atoms with Crippen LogP contribution >= 0.6 is 0 Å². The van der Waals surface area contributed by atoms with Gasteiger partial charge in [-0.3, -0.25) is 19.2 Å². The van der Waals surface area contributed by atoms with Gasteiger partial charge in [0.05, 0.1) is 0 Å². The number of hydrogen-bond acceptors (Lipinski definition) is 6. The van der Waals surface area contributed by atoms with E-state index in [-0.39, 0.29) is 23.7 Å². The Morgan fingerprint density at radius 2 is 1.30 bits per heavy atom. The summed E-state index contributed by atoms with van der Waals surface area (Å²) in [6, 6.07) is 21.1. The second-order valence-electron chi connectivity index (χ2n) is 7.01. The SMILES string of the molecule is NC(=O)On1c(C(=O)C=O)c(-c2ccccc2)c(-c2cccc3ccccc23)c1C(=O)C=O. The zero-order valence-corrected chi connectivity index (χ0v) is 17.1. The summed E-state index contributed by atoms with van der Waals surface area (Å²) in [6.45, 7) is 0. The molecule has 2 N–H and O–H groups in total. The topological polar surface area (TPSA) is 126 Å². The van der Waals surface area contributed by atoms with Crippen LogP contribution in [0.4, 0.5) is 4.79 Å². The fourth-order valence-corrected chi connectivity index (χ4v) is 3.88. The van der Waals surface area contributed by atoms with Crippen molar-refractivity contribution in [1.82, 2.24) is 4.73 Å². The van der Waals surface area contributed by atoms with Crippen molar-refractivity contribution in [1.29, 1.82) is 0 Å². The van der Waals surface area contributed by atoms with E-state index in [0.29, 0.717) is 21.2 Å². The Hall–Kier alpha value is -4.85. The highest BCUT2D eigenvalue weighted by Crippen LogP contribution is 2.42. The summed E-state index contributed by atoms with van der Waals surface area (Å²) >= 11 is 0. The molecule has 8 heteroatoms. The first kappa shape index (κ1) is 21.4. The number of carbonyl (C=O) groups excluding carboxylic acids is 5. The number of nitrogens with two attached hydrogens (primary N) is 1. The number of carbonyl (C=O) groups is 5. The zero-order chi connectivity index (χ0) is 23.5. The lowest BCUT2D eigenvalue weighted by Crippen LogP contribution is -2.31. The van der Waals surface area contributed by atoms with E-state index in [1.807, 2.05) is 24.3 Å². The minimum Gasteiger partial charge on any atom is -0.333 e. The minimum atomic E-state index is -1.34. The normalized spacial score (nSPS) is 10.5. The first-order valence-electron chi connectivity index (χ1n) is 9.77. The van der Waals surface area contributed by atoms with Crippen molar-refractivity contribution >= 4 is 41.0 Å². The smallest absolute Gasteiger partial charge is 0.333 e. The predicted molar refractivity (Wildman–Crippen MR) is 120 cm³/mol. The number of benzene rings is 3. The molecule has 0 aliphatic carbocycles. The molecule has 0 aliphatic rings. The summed E-state index contributed by atoms with van der Waals surface area (Å²) in [4.78, 5) is 65.4. The van der Waals surface area contributed by atoms with Crippen molar-refractivity contribution in [2.75, 3.05) is 0 Å². The van der Waals surface area contributed by atoms with E-state index in [9.17, 15) is 24.0 Å². The molecule has 0 bridgehead atoms. The van der Waals surface area contributed by atoms with E-state index < -0.39 is 29.0 Å². The van der Waals surface area contributed by atoms with Crippen molar-refractivity contribution in [3.63, 3.8) is 0 Å². The van der Waals surface area contributed by atoms with Crippen molar-refractivity contribution < 1.29 is 28.8 Å². The second-order valence-corrected chi connectivity index (χ2v) is 7.01. The first-order chi connectivity index (χ1) is 16.0. The number of amides is 1. The monoisotopic (exact) mass is 440 g/mol. The molecule has 0 fully saturated rings. The summed E-state index contributed by atoms with van der Waals surface area (Å²) in [5.41, 5.74) is 5.64. The van der Waals surface area contributed by atoms with Gasteiger partial charge >= 0.3 is 6.09 Å². The number of aldehydes is 2. The number of Topliss-reactive ketones (excluding diaryl/α,β-unsaturated/α-hetero) is 2. The van der Waals surface area contributed by atoms with Crippen molar-refractivity contribution in [2.45, 2.75) is 0 Å². The quantitative estimate of drug-likeness (QED) is 0.267. The maximum Gasteiger partial charge on any atom is 0.429 e. The molecule has 0 spiro atoms. The van der Waals surface area contributed by atoms with Crippen LogP contribution in [0.5, 0.6) is 0 Å². The molecule has 3 aromatic carbocycles. The molecule has 1 amide bonds. The van der Waals surface area contributed by atoms with E-state index >= 15 is 0 Å². The van der Waals surface area contributed by atoms with Gasteiger partial charge in [-0.2, -0.15) is 4.73 Å². The number of aromatic nitrogens is 1. The van der Waals surface area contributed by atoms with Crippen LogP contribution in [0.1, 0.15) is 21.0 Å². The van der Waals surface area contributed by atoms with Gasteiger partial charge < -0.3 is 10.6 Å². The number of ketones is 2. The molecular weight excluding hydrogens is 424 g/mol. The largest absolute Gasteiger partial charge is 0.429 e. The van der Waals surface area contributed by atoms with Gasteiger partial charge in [-0.1, -0.05) is 72.8 Å². The van der Waals surface area contributed by atoms with Gasteiger partial charge in [0.25, 0.3) is 0 Å². The zero-order valence-electron chi connectivity index (χ0n) is 17.1. The lowest BCUT2D eigenvalue weighted by Gasteiger charge is -2.11. The van der Waals surface area contributed by atoms with Gasteiger partial charge in [-0.05, 0) is 21.9 Å². The van der Waals surface area contributed by atoms with Crippen LogP contribution < -0.4 is 10.6 Å². The van der Waals surface area contributed by atoms with Gasteiger partial charge in [0.15, 0.2) is 12.6 Å². The molecule has 0 saturated carbocycles. The summed E-state index contributed by atoms with van der Waals surface area (Å²) in [5.74, 6) is -2.14. The Kier molecular flexibility index (Phi) is 5.65. The van der Waals surface area contributed by atoms with Gasteiger partial charge in [0, 0.05) is 11.1 Å². The molecular formula is C25H16N2O6. The Balaban J connectivity index is 2.27. The predicted octanol–water partition coefficient (Wildman–Crippen LogP) is 3.25. The van der Waals surface area contributed by atoms with E-state index in [2.05, 4.69) is 0 Å². The van der Waals surface area contributed by atoms with E-state index in [0.717, 1.165) is 5.39 Å². The van der Waals surface area contributed by atoms with Gasteiger partial charge in [-0.15, -0.1) is 0 Å². The maximum absolute atomic E-state index is 12.8. The highest BCUT2D eigenvalue weighted by Gasteiger charge is 2.34. The fourth-order valence-electron chi connectivity index (χ4n) is 3.88.